The molecule has 1 aromatic carbocycles. The van der Waals surface area contributed by atoms with Crippen molar-refractivity contribution in [2.75, 3.05) is 11.9 Å². The Morgan fingerprint density at radius 3 is 2.59 bits per heavy atom. The summed E-state index contributed by atoms with van der Waals surface area (Å²) >= 11 is 10.3. The molecule has 0 spiro atoms. The van der Waals surface area contributed by atoms with Gasteiger partial charge in [0, 0.05) is 5.69 Å². The van der Waals surface area contributed by atoms with Crippen LogP contribution in [0.15, 0.2) is 24.3 Å². The number of H-pyrrole nitrogens is 2. The summed E-state index contributed by atoms with van der Waals surface area (Å²) < 4.78 is 2.49. The van der Waals surface area contributed by atoms with Gasteiger partial charge < -0.3 is 5.32 Å². The Morgan fingerprint density at radius 2 is 2.00 bits per heavy atom. The Labute approximate surface area is 137 Å². The van der Waals surface area contributed by atoms with E-state index in [2.05, 4.69) is 15.5 Å². The highest BCUT2D eigenvalue weighted by molar-refractivity contribution is 7.72. The molecule has 0 aliphatic heterocycles. The van der Waals surface area contributed by atoms with Gasteiger partial charge in [0.05, 0.1) is 12.2 Å². The summed E-state index contributed by atoms with van der Waals surface area (Å²) in [6.45, 7) is 4.07. The van der Waals surface area contributed by atoms with Crippen LogP contribution in [0.1, 0.15) is 13.8 Å². The number of carbonyl (C=O) groups excluding carboxylic acids is 1. The zero-order valence-electron chi connectivity index (χ0n) is 12.2. The SMILES string of the molecule is CC(C)CN(O)C(=O)Nc1cccc(-n2c(=S)[nH][nH]c2=S)c1. The number of nitrogens with zero attached hydrogens (tertiary/aromatic N) is 2. The fourth-order valence-corrected chi connectivity index (χ4v) is 2.44. The number of aromatic amines is 2. The first kappa shape index (κ1) is 16.4. The van der Waals surface area contributed by atoms with Gasteiger partial charge in [-0.05, 0) is 48.6 Å². The van der Waals surface area contributed by atoms with Crippen molar-refractivity contribution < 1.29 is 10.0 Å². The standard InChI is InChI=1S/C13H17N5O2S2/c1-8(2)7-17(20)11(19)14-9-4-3-5-10(6-9)18-12(21)15-16-13(18)22/h3-6,8,20H,7H2,1-2H3,(H,14,19)(H,15,21)(H,16,22). The molecule has 4 N–H and O–H groups in total. The highest BCUT2D eigenvalue weighted by atomic mass is 32.1. The van der Waals surface area contributed by atoms with Gasteiger partial charge in [0.2, 0.25) is 0 Å². The van der Waals surface area contributed by atoms with Gasteiger partial charge in [-0.15, -0.1) is 0 Å². The molecule has 9 heteroatoms. The maximum Gasteiger partial charge on any atom is 0.345 e. The predicted molar refractivity (Wildman–Crippen MR) is 88.5 cm³/mol. The minimum atomic E-state index is -0.589. The minimum Gasteiger partial charge on any atom is -0.306 e. The third-order valence-electron chi connectivity index (χ3n) is 2.81. The van der Waals surface area contributed by atoms with Crippen LogP contribution in [0.3, 0.4) is 0 Å². The highest BCUT2D eigenvalue weighted by Crippen LogP contribution is 2.16. The zero-order chi connectivity index (χ0) is 16.3. The molecule has 0 fully saturated rings. The van der Waals surface area contributed by atoms with Gasteiger partial charge >= 0.3 is 6.03 Å². The molecule has 1 heterocycles. The van der Waals surface area contributed by atoms with E-state index in [9.17, 15) is 10.0 Å². The van der Waals surface area contributed by atoms with E-state index in [0.717, 1.165) is 0 Å². The first-order valence-electron chi connectivity index (χ1n) is 6.66. The Hall–Kier alpha value is -1.97. The fourth-order valence-electron chi connectivity index (χ4n) is 1.89. The van der Waals surface area contributed by atoms with Crippen LogP contribution in [0.4, 0.5) is 10.5 Å². The second-order valence-corrected chi connectivity index (χ2v) is 5.93. The van der Waals surface area contributed by atoms with Crippen molar-refractivity contribution in [3.8, 4) is 5.69 Å². The maximum atomic E-state index is 11.9. The van der Waals surface area contributed by atoms with Crippen LogP contribution in [-0.2, 0) is 0 Å². The van der Waals surface area contributed by atoms with Crippen molar-refractivity contribution in [3.05, 3.63) is 33.8 Å². The first-order valence-corrected chi connectivity index (χ1v) is 7.47. The van der Waals surface area contributed by atoms with E-state index in [1.54, 1.807) is 22.8 Å². The number of aromatic nitrogens is 3. The van der Waals surface area contributed by atoms with Crippen molar-refractivity contribution in [1.29, 1.82) is 0 Å². The maximum absolute atomic E-state index is 11.9. The molecule has 0 saturated carbocycles. The number of hydrogen-bond donors (Lipinski definition) is 4. The van der Waals surface area contributed by atoms with Crippen molar-refractivity contribution in [1.82, 2.24) is 19.8 Å². The third kappa shape index (κ3) is 3.81. The molecule has 0 unspecified atom stereocenters. The molecule has 0 saturated heterocycles. The van der Waals surface area contributed by atoms with Gasteiger partial charge in [-0.2, -0.15) is 0 Å². The van der Waals surface area contributed by atoms with E-state index in [-0.39, 0.29) is 12.5 Å². The monoisotopic (exact) mass is 339 g/mol. The second-order valence-electron chi connectivity index (χ2n) is 5.15. The molecule has 0 radical (unpaired) electrons. The number of rotatable bonds is 4. The van der Waals surface area contributed by atoms with Gasteiger partial charge in [-0.3, -0.25) is 20.0 Å². The summed E-state index contributed by atoms with van der Waals surface area (Å²) in [7, 11) is 0. The number of nitrogens with one attached hydrogen (secondary N) is 3. The number of hydrogen-bond acceptors (Lipinski definition) is 4. The van der Waals surface area contributed by atoms with E-state index in [1.165, 1.54) is 0 Å². The molecule has 22 heavy (non-hydrogen) atoms. The van der Waals surface area contributed by atoms with Gasteiger partial charge in [0.15, 0.2) is 9.54 Å². The van der Waals surface area contributed by atoms with Crippen molar-refractivity contribution in [3.63, 3.8) is 0 Å². The van der Waals surface area contributed by atoms with E-state index < -0.39 is 6.03 Å². The molecule has 0 aliphatic rings. The van der Waals surface area contributed by atoms with Crippen LogP contribution in [0.2, 0.25) is 0 Å². The molecule has 2 rings (SSSR count). The van der Waals surface area contributed by atoms with Crippen molar-refractivity contribution >= 4 is 36.2 Å². The second kappa shape index (κ2) is 6.86. The molecule has 118 valence electrons. The summed E-state index contributed by atoms with van der Waals surface area (Å²) in [5, 5.41) is 18.4. The Balaban J connectivity index is 2.21. The number of urea groups is 1. The number of amides is 2. The van der Waals surface area contributed by atoms with E-state index in [1.807, 2.05) is 19.9 Å². The van der Waals surface area contributed by atoms with Gasteiger partial charge in [0.25, 0.3) is 0 Å². The number of carbonyl (C=O) groups is 1. The Kier molecular flexibility index (Phi) is 5.11. The topological polar surface area (TPSA) is 89.1 Å². The average molecular weight is 339 g/mol. The minimum absolute atomic E-state index is 0.165. The lowest BCUT2D eigenvalue weighted by atomic mass is 10.2. The van der Waals surface area contributed by atoms with Gasteiger partial charge in [-0.25, -0.2) is 9.86 Å². The molecular weight excluding hydrogens is 322 g/mol. The summed E-state index contributed by atoms with van der Waals surface area (Å²) in [5.74, 6) is 0.165. The summed E-state index contributed by atoms with van der Waals surface area (Å²) in [5.41, 5.74) is 1.24. The Bertz CT molecular complexity index is 749. The van der Waals surface area contributed by atoms with Crippen LogP contribution in [-0.4, -0.2) is 37.6 Å². The van der Waals surface area contributed by atoms with E-state index in [0.29, 0.717) is 26.0 Å². The molecule has 2 aromatic rings. The van der Waals surface area contributed by atoms with Crippen LogP contribution in [0.5, 0.6) is 0 Å². The van der Waals surface area contributed by atoms with Crippen LogP contribution >= 0.6 is 24.4 Å². The highest BCUT2D eigenvalue weighted by Gasteiger charge is 2.12. The molecule has 0 atom stereocenters. The fraction of sp³-hybridized carbons (Fsp3) is 0.308. The molecule has 7 nitrogen and oxygen atoms in total. The summed E-state index contributed by atoms with van der Waals surface area (Å²) in [6, 6.07) is 6.42. The number of benzene rings is 1. The molecule has 0 bridgehead atoms. The van der Waals surface area contributed by atoms with E-state index in [4.69, 9.17) is 24.4 Å². The van der Waals surface area contributed by atoms with Gasteiger partial charge in [-0.1, -0.05) is 19.9 Å². The summed E-state index contributed by atoms with van der Waals surface area (Å²) in [6.07, 6.45) is 0. The van der Waals surface area contributed by atoms with Crippen LogP contribution in [0.25, 0.3) is 5.69 Å². The lowest BCUT2D eigenvalue weighted by molar-refractivity contribution is -0.0453. The Morgan fingerprint density at radius 1 is 1.36 bits per heavy atom. The molecular formula is C13H17N5O2S2. The first-order chi connectivity index (χ1) is 10.4. The molecule has 2 amide bonds. The number of anilines is 1. The largest absolute Gasteiger partial charge is 0.345 e. The van der Waals surface area contributed by atoms with Crippen molar-refractivity contribution in [2.45, 2.75) is 13.8 Å². The van der Waals surface area contributed by atoms with Crippen molar-refractivity contribution in [2.24, 2.45) is 5.92 Å². The molecule has 0 aliphatic carbocycles. The van der Waals surface area contributed by atoms with Crippen LogP contribution in [0, 0.1) is 15.5 Å². The lowest BCUT2D eigenvalue weighted by Gasteiger charge is -2.18. The molecule has 1 aromatic heterocycles. The smallest absolute Gasteiger partial charge is 0.306 e. The lowest BCUT2D eigenvalue weighted by Crippen LogP contribution is -2.34. The number of hydroxylamine groups is 2. The quantitative estimate of drug-likeness (QED) is 0.390. The predicted octanol–water partition coefficient (Wildman–Crippen LogP) is 3.47. The van der Waals surface area contributed by atoms with Gasteiger partial charge in [0.1, 0.15) is 0 Å². The zero-order valence-corrected chi connectivity index (χ0v) is 13.8. The van der Waals surface area contributed by atoms with Crippen LogP contribution < -0.4 is 5.32 Å². The normalized spacial score (nSPS) is 10.7. The van der Waals surface area contributed by atoms with E-state index >= 15 is 0 Å². The average Bonchev–Trinajstić information content (AvgIpc) is 2.77. The summed E-state index contributed by atoms with van der Waals surface area (Å²) in [4.78, 5) is 11.9. The third-order valence-corrected chi connectivity index (χ3v) is 3.38.